The van der Waals surface area contributed by atoms with Crippen molar-refractivity contribution in [2.75, 3.05) is 0 Å². The molecule has 0 radical (unpaired) electrons. The van der Waals surface area contributed by atoms with E-state index in [2.05, 4.69) is 149 Å². The highest BCUT2D eigenvalue weighted by molar-refractivity contribution is 6.10. The molecular weight excluding hydrogens is 613 g/mol. The summed E-state index contributed by atoms with van der Waals surface area (Å²) in [5.41, 5.74) is 12.5. The number of ether oxygens (including phenoxy) is 2. The number of para-hydroxylation sites is 1. The molecule has 0 aliphatic carbocycles. The molecular formula is C46H32N2O2. The van der Waals surface area contributed by atoms with E-state index < -0.39 is 5.79 Å². The van der Waals surface area contributed by atoms with Crippen molar-refractivity contribution in [2.24, 2.45) is 0 Å². The highest BCUT2D eigenvalue weighted by Gasteiger charge is 2.30. The lowest BCUT2D eigenvalue weighted by Gasteiger charge is -2.25. The van der Waals surface area contributed by atoms with E-state index in [1.807, 2.05) is 32.0 Å². The van der Waals surface area contributed by atoms with Crippen LogP contribution in [0.4, 0.5) is 5.69 Å². The van der Waals surface area contributed by atoms with Crippen molar-refractivity contribution >= 4 is 27.5 Å². The van der Waals surface area contributed by atoms with Gasteiger partial charge in [-0.3, -0.25) is 0 Å². The van der Waals surface area contributed by atoms with E-state index >= 15 is 0 Å². The number of benzene rings is 7. The lowest BCUT2D eigenvalue weighted by molar-refractivity contribution is -0.0778. The second-order valence-corrected chi connectivity index (χ2v) is 13.2. The minimum absolute atomic E-state index is 0.628. The van der Waals surface area contributed by atoms with Gasteiger partial charge in [0, 0.05) is 36.0 Å². The highest BCUT2D eigenvalue weighted by Crippen LogP contribution is 2.46. The fourth-order valence-electron chi connectivity index (χ4n) is 7.21. The van der Waals surface area contributed by atoms with E-state index in [1.54, 1.807) is 0 Å². The normalized spacial score (nSPS) is 13.1. The first-order valence-electron chi connectivity index (χ1n) is 16.8. The Labute approximate surface area is 291 Å². The molecule has 0 amide bonds. The standard InChI is InChI=1S/C46H32N2O2/c1-46(2)49-44-22-18-32(35-25-33(30-12-6-4-7-13-30)24-34(26-35)31-14-8-5-9-15-31)27-40(44)41-29-37(20-23-45(41)50-46)48-42-17-11-10-16-38(42)39-28-36(47-3)19-21-43(39)48/h4-29H,1-2H3. The molecule has 238 valence electrons. The molecule has 50 heavy (non-hydrogen) atoms. The van der Waals surface area contributed by atoms with Gasteiger partial charge in [0.15, 0.2) is 5.69 Å². The van der Waals surface area contributed by atoms with Crippen LogP contribution < -0.4 is 9.47 Å². The van der Waals surface area contributed by atoms with Gasteiger partial charge in [-0.05, 0) is 105 Å². The summed E-state index contributed by atoms with van der Waals surface area (Å²) in [6.45, 7) is 11.5. The third-order valence-electron chi connectivity index (χ3n) is 9.47. The Morgan fingerprint density at radius 1 is 0.480 bits per heavy atom. The zero-order valence-corrected chi connectivity index (χ0v) is 27.7. The van der Waals surface area contributed by atoms with Crippen molar-refractivity contribution in [1.82, 2.24) is 4.57 Å². The van der Waals surface area contributed by atoms with Crippen LogP contribution in [0.25, 0.3) is 76.8 Å². The van der Waals surface area contributed by atoms with Crippen molar-refractivity contribution in [1.29, 1.82) is 0 Å². The van der Waals surface area contributed by atoms with Gasteiger partial charge in [-0.1, -0.05) is 91.0 Å². The van der Waals surface area contributed by atoms with Gasteiger partial charge in [0.2, 0.25) is 5.79 Å². The van der Waals surface area contributed by atoms with Gasteiger partial charge in [-0.2, -0.15) is 0 Å². The van der Waals surface area contributed by atoms with Gasteiger partial charge < -0.3 is 14.0 Å². The van der Waals surface area contributed by atoms with Crippen molar-refractivity contribution in [3.63, 3.8) is 0 Å². The number of rotatable bonds is 4. The quantitative estimate of drug-likeness (QED) is 0.178. The van der Waals surface area contributed by atoms with Gasteiger partial charge >= 0.3 is 0 Å². The summed E-state index contributed by atoms with van der Waals surface area (Å²) >= 11 is 0. The summed E-state index contributed by atoms with van der Waals surface area (Å²) in [4.78, 5) is 3.70. The average molecular weight is 645 g/mol. The third-order valence-corrected chi connectivity index (χ3v) is 9.47. The zero-order valence-electron chi connectivity index (χ0n) is 27.7. The van der Waals surface area contributed by atoms with Crippen LogP contribution in [-0.4, -0.2) is 10.4 Å². The fraction of sp³-hybridized carbons (Fsp3) is 0.0652. The van der Waals surface area contributed by atoms with Crippen LogP contribution in [0.2, 0.25) is 0 Å². The van der Waals surface area contributed by atoms with Gasteiger partial charge in [0.1, 0.15) is 11.5 Å². The van der Waals surface area contributed by atoms with Crippen LogP contribution in [0.5, 0.6) is 11.5 Å². The number of hydrogen-bond acceptors (Lipinski definition) is 2. The van der Waals surface area contributed by atoms with Crippen LogP contribution in [-0.2, 0) is 0 Å². The number of hydrogen-bond donors (Lipinski definition) is 0. The molecule has 0 unspecified atom stereocenters. The summed E-state index contributed by atoms with van der Waals surface area (Å²) in [5.74, 6) is 0.648. The molecule has 1 aromatic heterocycles. The van der Waals surface area contributed by atoms with E-state index in [0.717, 1.165) is 72.4 Å². The molecule has 4 nitrogen and oxygen atoms in total. The van der Waals surface area contributed by atoms with Crippen LogP contribution >= 0.6 is 0 Å². The molecule has 4 heteroatoms. The third kappa shape index (κ3) is 5.08. The summed E-state index contributed by atoms with van der Waals surface area (Å²) in [5, 5.41) is 2.17. The Morgan fingerprint density at radius 3 is 1.70 bits per heavy atom. The zero-order chi connectivity index (χ0) is 33.8. The Balaban J connectivity index is 1.25. The Hall–Kier alpha value is -6.57. The Bertz CT molecular complexity index is 2570. The van der Waals surface area contributed by atoms with E-state index in [9.17, 15) is 0 Å². The number of fused-ring (bicyclic) bond motifs is 6. The van der Waals surface area contributed by atoms with Gasteiger partial charge in [0.05, 0.1) is 17.6 Å². The monoisotopic (exact) mass is 644 g/mol. The van der Waals surface area contributed by atoms with Crippen LogP contribution in [0.15, 0.2) is 158 Å². The first-order valence-corrected chi connectivity index (χ1v) is 16.8. The molecule has 0 fully saturated rings. The maximum absolute atomic E-state index is 7.61. The van der Waals surface area contributed by atoms with Crippen LogP contribution in [0.1, 0.15) is 13.8 Å². The lowest BCUT2D eigenvalue weighted by Crippen LogP contribution is -2.34. The minimum atomic E-state index is -0.875. The van der Waals surface area contributed by atoms with E-state index in [0.29, 0.717) is 5.69 Å². The van der Waals surface area contributed by atoms with E-state index in [4.69, 9.17) is 16.0 Å². The topological polar surface area (TPSA) is 27.8 Å². The van der Waals surface area contributed by atoms with Gasteiger partial charge in [0.25, 0.3) is 0 Å². The fourth-order valence-corrected chi connectivity index (χ4v) is 7.21. The summed E-state index contributed by atoms with van der Waals surface area (Å²) in [6, 6.07) is 55.0. The molecule has 8 aromatic rings. The lowest BCUT2D eigenvalue weighted by atomic mass is 9.91. The second kappa shape index (κ2) is 11.5. The Kier molecular flexibility index (Phi) is 6.82. The molecule has 9 rings (SSSR count). The number of nitrogens with zero attached hydrogens (tertiary/aromatic N) is 2. The van der Waals surface area contributed by atoms with Crippen molar-refractivity contribution in [3.8, 4) is 61.7 Å². The second-order valence-electron chi connectivity index (χ2n) is 13.2. The van der Waals surface area contributed by atoms with E-state index in [-0.39, 0.29) is 0 Å². The highest BCUT2D eigenvalue weighted by atomic mass is 16.7. The molecule has 1 aliphatic rings. The van der Waals surface area contributed by atoms with E-state index in [1.165, 1.54) is 11.1 Å². The van der Waals surface area contributed by atoms with Gasteiger partial charge in [-0.25, -0.2) is 4.85 Å². The molecule has 0 spiro atoms. The molecule has 0 N–H and O–H groups in total. The molecule has 7 aromatic carbocycles. The maximum Gasteiger partial charge on any atom is 0.245 e. The summed E-state index contributed by atoms with van der Waals surface area (Å²) < 4.78 is 15.4. The molecule has 1 aliphatic heterocycles. The van der Waals surface area contributed by atoms with Crippen LogP contribution in [0.3, 0.4) is 0 Å². The average Bonchev–Trinajstić information content (AvgIpc) is 3.43. The molecule has 0 atom stereocenters. The summed E-state index contributed by atoms with van der Waals surface area (Å²) in [7, 11) is 0. The maximum atomic E-state index is 7.61. The summed E-state index contributed by atoms with van der Waals surface area (Å²) in [6.07, 6.45) is 0. The van der Waals surface area contributed by atoms with Crippen molar-refractivity contribution in [3.05, 3.63) is 169 Å². The Morgan fingerprint density at radius 2 is 1.04 bits per heavy atom. The predicted molar refractivity (Wildman–Crippen MR) is 204 cm³/mol. The SMILES string of the molecule is [C-]#[N+]c1ccc2c(c1)c1ccccc1n2-c1ccc2c(c1)-c1cc(-c3cc(-c4ccccc4)cc(-c4ccccc4)c3)ccc1OC(C)(C)O2. The van der Waals surface area contributed by atoms with Crippen molar-refractivity contribution < 1.29 is 9.47 Å². The first kappa shape index (κ1) is 29.6. The number of aromatic nitrogens is 1. The molecule has 2 heterocycles. The molecule has 0 saturated carbocycles. The largest absolute Gasteiger partial charge is 0.452 e. The predicted octanol–water partition coefficient (Wildman–Crippen LogP) is 12.5. The minimum Gasteiger partial charge on any atom is -0.452 e. The molecule has 0 saturated heterocycles. The smallest absolute Gasteiger partial charge is 0.245 e. The first-order chi connectivity index (χ1) is 24.4. The van der Waals surface area contributed by atoms with Crippen LogP contribution in [0, 0.1) is 6.57 Å². The van der Waals surface area contributed by atoms with Gasteiger partial charge in [-0.15, -0.1) is 0 Å². The van der Waals surface area contributed by atoms with Crippen molar-refractivity contribution in [2.45, 2.75) is 19.6 Å². The molecule has 0 bridgehead atoms.